The molecule has 0 amide bonds. The summed E-state index contributed by atoms with van der Waals surface area (Å²) in [5.41, 5.74) is 0. The van der Waals surface area contributed by atoms with E-state index < -0.39 is 8.32 Å². The van der Waals surface area contributed by atoms with E-state index in [1.807, 2.05) is 7.11 Å². The van der Waals surface area contributed by atoms with Crippen LogP contribution in [-0.2, 0) is 4.43 Å². The zero-order valence-electron chi connectivity index (χ0n) is 8.82. The van der Waals surface area contributed by atoms with Crippen LogP contribution in [0.15, 0.2) is 0 Å². The maximum Gasteiger partial charge on any atom is 0.194 e. The lowest BCUT2D eigenvalue weighted by Crippen LogP contribution is -2.42. The summed E-state index contributed by atoms with van der Waals surface area (Å²) < 4.78 is 5.68. The largest absolute Gasteiger partial charge is 0.420 e. The van der Waals surface area contributed by atoms with E-state index in [-0.39, 0.29) is 0 Å². The average molecular weight is 174 g/mol. The summed E-state index contributed by atoms with van der Waals surface area (Å²) in [4.78, 5) is 0. The molecule has 0 aliphatic heterocycles. The summed E-state index contributed by atoms with van der Waals surface area (Å²) in [5.74, 6) is 0. The topological polar surface area (TPSA) is 9.23 Å². The van der Waals surface area contributed by atoms with Gasteiger partial charge in [0.1, 0.15) is 0 Å². The zero-order valence-corrected chi connectivity index (χ0v) is 9.82. The molecule has 0 rings (SSSR count). The molecule has 0 aromatic rings. The Bertz CT molecular complexity index is 117. The molecule has 0 aliphatic rings. The van der Waals surface area contributed by atoms with E-state index in [2.05, 4.69) is 34.2 Å². The predicted octanol–water partition coefficient (Wildman–Crippen LogP) is 3.42. The van der Waals surface area contributed by atoms with Crippen LogP contribution in [0.5, 0.6) is 0 Å². The summed E-state index contributed by atoms with van der Waals surface area (Å²) >= 11 is 0. The van der Waals surface area contributed by atoms with Crippen molar-refractivity contribution in [1.82, 2.24) is 0 Å². The molecular weight excluding hydrogens is 152 g/mol. The minimum Gasteiger partial charge on any atom is -0.420 e. The molecule has 0 aliphatic carbocycles. The normalized spacial score (nSPS) is 18.0. The standard InChI is InChI=1S/C9H22OSi/c1-7-8-11(6,10-5)9(2,3)4/h7-8H2,1-6H3. The van der Waals surface area contributed by atoms with E-state index in [4.69, 9.17) is 4.43 Å². The van der Waals surface area contributed by atoms with Gasteiger partial charge < -0.3 is 4.43 Å². The van der Waals surface area contributed by atoms with E-state index in [1.165, 1.54) is 12.5 Å². The Balaban J connectivity index is 4.33. The van der Waals surface area contributed by atoms with Crippen LogP contribution in [0.2, 0.25) is 17.6 Å². The highest BCUT2D eigenvalue weighted by molar-refractivity contribution is 6.75. The fourth-order valence-corrected chi connectivity index (χ4v) is 3.78. The number of hydrogen-bond acceptors (Lipinski definition) is 1. The molecule has 0 spiro atoms. The van der Waals surface area contributed by atoms with Gasteiger partial charge in [-0.05, 0) is 17.6 Å². The Kier molecular flexibility index (Phi) is 3.78. The fraction of sp³-hybridized carbons (Fsp3) is 1.00. The van der Waals surface area contributed by atoms with E-state index in [0.717, 1.165) is 0 Å². The van der Waals surface area contributed by atoms with Crippen LogP contribution < -0.4 is 0 Å². The molecule has 0 aromatic carbocycles. The molecule has 1 atom stereocenters. The van der Waals surface area contributed by atoms with Crippen molar-refractivity contribution >= 4 is 8.32 Å². The van der Waals surface area contributed by atoms with Crippen LogP contribution in [0.3, 0.4) is 0 Å². The minimum absolute atomic E-state index is 0.373. The van der Waals surface area contributed by atoms with Crippen LogP contribution in [0.4, 0.5) is 0 Å². The molecule has 1 nitrogen and oxygen atoms in total. The quantitative estimate of drug-likeness (QED) is 0.596. The van der Waals surface area contributed by atoms with E-state index in [1.54, 1.807) is 0 Å². The molecule has 2 heteroatoms. The Labute approximate surface area is 72.3 Å². The Hall–Kier alpha value is 0.177. The second-order valence-electron chi connectivity index (χ2n) is 4.43. The third kappa shape index (κ3) is 2.60. The van der Waals surface area contributed by atoms with Crippen molar-refractivity contribution in [3.05, 3.63) is 0 Å². The number of rotatable bonds is 3. The van der Waals surface area contributed by atoms with Crippen molar-refractivity contribution in [2.75, 3.05) is 7.11 Å². The Morgan fingerprint density at radius 1 is 1.27 bits per heavy atom. The summed E-state index contributed by atoms with van der Waals surface area (Å²) in [5, 5.41) is 0.373. The number of hydrogen-bond donors (Lipinski definition) is 0. The van der Waals surface area contributed by atoms with Crippen molar-refractivity contribution < 1.29 is 4.43 Å². The second-order valence-corrected chi connectivity index (χ2v) is 9.30. The van der Waals surface area contributed by atoms with Gasteiger partial charge in [-0.25, -0.2) is 0 Å². The molecule has 0 saturated carbocycles. The van der Waals surface area contributed by atoms with E-state index in [0.29, 0.717) is 5.04 Å². The van der Waals surface area contributed by atoms with Crippen LogP contribution in [0.1, 0.15) is 34.1 Å². The monoisotopic (exact) mass is 174 g/mol. The van der Waals surface area contributed by atoms with Gasteiger partial charge >= 0.3 is 0 Å². The first-order valence-corrected chi connectivity index (χ1v) is 7.04. The van der Waals surface area contributed by atoms with Crippen molar-refractivity contribution in [3.63, 3.8) is 0 Å². The summed E-state index contributed by atoms with van der Waals surface area (Å²) in [6.45, 7) is 11.4. The van der Waals surface area contributed by atoms with Gasteiger partial charge in [0.2, 0.25) is 0 Å². The van der Waals surface area contributed by atoms with Gasteiger partial charge in [-0.15, -0.1) is 0 Å². The van der Waals surface area contributed by atoms with Gasteiger partial charge in [-0.3, -0.25) is 0 Å². The van der Waals surface area contributed by atoms with Gasteiger partial charge in [-0.1, -0.05) is 34.1 Å². The van der Waals surface area contributed by atoms with E-state index in [9.17, 15) is 0 Å². The highest BCUT2D eigenvalue weighted by atomic mass is 28.4. The highest BCUT2D eigenvalue weighted by Crippen LogP contribution is 2.39. The van der Waals surface area contributed by atoms with Crippen LogP contribution in [0.25, 0.3) is 0 Å². The lowest BCUT2D eigenvalue weighted by atomic mass is 10.2. The highest BCUT2D eigenvalue weighted by Gasteiger charge is 2.39. The molecule has 11 heavy (non-hydrogen) atoms. The summed E-state index contributed by atoms with van der Waals surface area (Å²) in [7, 11) is 0.443. The molecule has 0 bridgehead atoms. The minimum atomic E-state index is -1.42. The molecule has 0 N–H and O–H groups in total. The lowest BCUT2D eigenvalue weighted by molar-refractivity contribution is 0.364. The molecule has 0 saturated heterocycles. The van der Waals surface area contributed by atoms with E-state index >= 15 is 0 Å². The first-order valence-electron chi connectivity index (χ1n) is 4.42. The van der Waals surface area contributed by atoms with Gasteiger partial charge in [-0.2, -0.15) is 0 Å². The predicted molar refractivity (Wildman–Crippen MR) is 53.4 cm³/mol. The Morgan fingerprint density at radius 3 is 1.82 bits per heavy atom. The molecule has 0 radical (unpaired) electrons. The first-order chi connectivity index (χ1) is 4.87. The van der Waals surface area contributed by atoms with Gasteiger partial charge in [0.15, 0.2) is 8.32 Å². The van der Waals surface area contributed by atoms with Crippen molar-refractivity contribution in [3.8, 4) is 0 Å². The average Bonchev–Trinajstić information content (AvgIpc) is 1.86. The van der Waals surface area contributed by atoms with Crippen LogP contribution >= 0.6 is 0 Å². The molecule has 1 unspecified atom stereocenters. The smallest absolute Gasteiger partial charge is 0.194 e. The molecule has 0 aromatic heterocycles. The summed E-state index contributed by atoms with van der Waals surface area (Å²) in [6, 6.07) is 1.27. The third-order valence-electron chi connectivity index (χ3n) is 2.76. The molecule has 68 valence electrons. The maximum absolute atomic E-state index is 5.68. The van der Waals surface area contributed by atoms with Crippen molar-refractivity contribution in [2.45, 2.75) is 51.7 Å². The van der Waals surface area contributed by atoms with Crippen LogP contribution in [0, 0.1) is 0 Å². The van der Waals surface area contributed by atoms with Crippen molar-refractivity contribution in [1.29, 1.82) is 0 Å². The lowest BCUT2D eigenvalue weighted by Gasteiger charge is -2.38. The second kappa shape index (κ2) is 3.72. The zero-order chi connectivity index (χ0) is 9.12. The van der Waals surface area contributed by atoms with Crippen molar-refractivity contribution in [2.24, 2.45) is 0 Å². The van der Waals surface area contributed by atoms with Gasteiger partial charge in [0.25, 0.3) is 0 Å². The third-order valence-corrected chi connectivity index (χ3v) is 8.29. The maximum atomic E-state index is 5.68. The molecule has 0 fully saturated rings. The molecular formula is C9H22OSi. The van der Waals surface area contributed by atoms with Crippen LogP contribution in [-0.4, -0.2) is 15.4 Å². The Morgan fingerprint density at radius 2 is 1.73 bits per heavy atom. The SMILES string of the molecule is CCC[Si](C)(OC)C(C)(C)C. The van der Waals surface area contributed by atoms with Gasteiger partial charge in [0, 0.05) is 7.11 Å². The summed E-state index contributed by atoms with van der Waals surface area (Å²) in [6.07, 6.45) is 1.24. The van der Waals surface area contributed by atoms with Gasteiger partial charge in [0.05, 0.1) is 0 Å². The molecule has 0 heterocycles. The first kappa shape index (κ1) is 11.2. The fourth-order valence-electron chi connectivity index (χ4n) is 1.26.